The zero-order valence-corrected chi connectivity index (χ0v) is 13.3. The average molecular weight is 330 g/mol. The topological polar surface area (TPSA) is 43.6 Å². The van der Waals surface area contributed by atoms with E-state index in [1.165, 1.54) is 23.5 Å². The van der Waals surface area contributed by atoms with Gasteiger partial charge in [-0.25, -0.2) is 4.39 Å². The van der Waals surface area contributed by atoms with Crippen LogP contribution in [-0.2, 0) is 11.3 Å². The summed E-state index contributed by atoms with van der Waals surface area (Å²) in [6.07, 6.45) is 0. The van der Waals surface area contributed by atoms with E-state index in [0.717, 1.165) is 10.2 Å². The van der Waals surface area contributed by atoms with Crippen molar-refractivity contribution in [1.82, 2.24) is 4.57 Å². The lowest BCUT2D eigenvalue weighted by Gasteiger charge is -2.02. The smallest absolute Gasteiger partial charge is 0.286 e. The second-order valence-corrected chi connectivity index (χ2v) is 5.86. The van der Waals surface area contributed by atoms with Crippen molar-refractivity contribution in [2.75, 3.05) is 6.61 Å². The maximum absolute atomic E-state index is 13.3. The predicted molar refractivity (Wildman–Crippen MR) is 88.0 cm³/mol. The highest BCUT2D eigenvalue weighted by atomic mass is 32.1. The minimum Gasteiger partial charge on any atom is -0.484 e. The van der Waals surface area contributed by atoms with Gasteiger partial charge in [0.2, 0.25) is 0 Å². The largest absolute Gasteiger partial charge is 0.484 e. The number of rotatable bonds is 4. The molecule has 0 N–H and O–H groups in total. The first-order valence-corrected chi connectivity index (χ1v) is 8.03. The number of thiazole rings is 1. The molecule has 0 aliphatic carbocycles. The van der Waals surface area contributed by atoms with Gasteiger partial charge in [0.1, 0.15) is 11.6 Å². The fourth-order valence-corrected chi connectivity index (χ4v) is 3.37. The Morgan fingerprint density at radius 1 is 1.26 bits per heavy atom. The van der Waals surface area contributed by atoms with Crippen molar-refractivity contribution in [3.05, 3.63) is 59.1 Å². The Morgan fingerprint density at radius 2 is 2.04 bits per heavy atom. The van der Waals surface area contributed by atoms with Crippen LogP contribution in [0.2, 0.25) is 0 Å². The van der Waals surface area contributed by atoms with Gasteiger partial charge in [0.25, 0.3) is 5.91 Å². The van der Waals surface area contributed by atoms with Gasteiger partial charge in [-0.15, -0.1) is 0 Å². The number of fused-ring (bicyclic) bond motifs is 1. The lowest BCUT2D eigenvalue weighted by atomic mass is 10.3. The molecule has 118 valence electrons. The number of aryl methyl sites for hydroxylation is 1. The van der Waals surface area contributed by atoms with Crippen LogP contribution in [0.3, 0.4) is 0 Å². The summed E-state index contributed by atoms with van der Waals surface area (Å²) in [5.74, 6) is -0.0480. The SMILES string of the molecule is CCn1c(=NC(=O)COc2ccccc2)sc2cc(F)ccc21. The Labute approximate surface area is 136 Å². The molecule has 0 radical (unpaired) electrons. The third kappa shape index (κ3) is 3.48. The molecule has 0 unspecified atom stereocenters. The minimum absolute atomic E-state index is 0.129. The van der Waals surface area contributed by atoms with E-state index >= 15 is 0 Å². The first-order valence-electron chi connectivity index (χ1n) is 7.21. The summed E-state index contributed by atoms with van der Waals surface area (Å²) in [6, 6.07) is 13.7. The van der Waals surface area contributed by atoms with Crippen molar-refractivity contribution in [2.24, 2.45) is 4.99 Å². The summed E-state index contributed by atoms with van der Waals surface area (Å²) in [7, 11) is 0. The Hall–Kier alpha value is -2.47. The van der Waals surface area contributed by atoms with Gasteiger partial charge < -0.3 is 9.30 Å². The third-order valence-electron chi connectivity index (χ3n) is 3.29. The van der Waals surface area contributed by atoms with Crippen LogP contribution in [0.4, 0.5) is 4.39 Å². The van der Waals surface area contributed by atoms with Gasteiger partial charge in [-0.2, -0.15) is 4.99 Å². The van der Waals surface area contributed by atoms with Gasteiger partial charge in [-0.3, -0.25) is 4.79 Å². The number of halogens is 1. The number of nitrogens with zero attached hydrogens (tertiary/aromatic N) is 2. The van der Waals surface area contributed by atoms with Crippen LogP contribution in [0.5, 0.6) is 5.75 Å². The van der Waals surface area contributed by atoms with Crippen molar-refractivity contribution in [3.8, 4) is 5.75 Å². The van der Waals surface area contributed by atoms with Gasteiger partial charge in [-0.1, -0.05) is 29.5 Å². The maximum Gasteiger partial charge on any atom is 0.286 e. The predicted octanol–water partition coefficient (Wildman–Crippen LogP) is 3.37. The molecule has 0 fully saturated rings. The van der Waals surface area contributed by atoms with E-state index in [2.05, 4.69) is 4.99 Å². The van der Waals surface area contributed by atoms with E-state index in [9.17, 15) is 9.18 Å². The van der Waals surface area contributed by atoms with Crippen LogP contribution < -0.4 is 9.54 Å². The van der Waals surface area contributed by atoms with E-state index in [-0.39, 0.29) is 18.3 Å². The molecule has 2 aromatic carbocycles. The summed E-state index contributed by atoms with van der Waals surface area (Å²) in [6.45, 7) is 2.48. The number of hydrogen-bond donors (Lipinski definition) is 0. The summed E-state index contributed by atoms with van der Waals surface area (Å²) in [4.78, 5) is 16.7. The number of para-hydroxylation sites is 1. The lowest BCUT2D eigenvalue weighted by Crippen LogP contribution is -2.18. The molecule has 1 aromatic heterocycles. The monoisotopic (exact) mass is 330 g/mol. The second kappa shape index (κ2) is 6.75. The quantitative estimate of drug-likeness (QED) is 0.736. The Kier molecular flexibility index (Phi) is 4.52. The Balaban J connectivity index is 1.86. The number of carbonyl (C=O) groups excluding carboxylic acids is 1. The van der Waals surface area contributed by atoms with Crippen molar-refractivity contribution >= 4 is 27.5 Å². The molecule has 0 aliphatic rings. The fourth-order valence-electron chi connectivity index (χ4n) is 2.24. The molecule has 0 bridgehead atoms. The van der Waals surface area contributed by atoms with E-state index in [4.69, 9.17) is 4.74 Å². The van der Waals surface area contributed by atoms with E-state index in [1.807, 2.05) is 29.7 Å². The molecule has 0 atom stereocenters. The van der Waals surface area contributed by atoms with E-state index in [1.54, 1.807) is 18.2 Å². The summed E-state index contributed by atoms with van der Waals surface area (Å²) in [5, 5.41) is 0. The maximum atomic E-state index is 13.3. The summed E-state index contributed by atoms with van der Waals surface area (Å²) < 4.78 is 21.4. The highest BCUT2D eigenvalue weighted by molar-refractivity contribution is 7.16. The molecule has 3 aromatic rings. The molecular formula is C17H15FN2O2S. The lowest BCUT2D eigenvalue weighted by molar-refractivity contribution is -0.120. The third-order valence-corrected chi connectivity index (χ3v) is 4.33. The molecule has 0 aliphatic heterocycles. The van der Waals surface area contributed by atoms with Crippen LogP contribution in [0.15, 0.2) is 53.5 Å². The normalized spacial score (nSPS) is 11.8. The van der Waals surface area contributed by atoms with Gasteiger partial charge in [0.15, 0.2) is 11.4 Å². The highest BCUT2D eigenvalue weighted by Crippen LogP contribution is 2.18. The Morgan fingerprint density at radius 3 is 2.78 bits per heavy atom. The van der Waals surface area contributed by atoms with E-state index < -0.39 is 0 Å². The molecule has 0 saturated heterocycles. The van der Waals surface area contributed by atoms with Crippen LogP contribution in [0.25, 0.3) is 10.2 Å². The van der Waals surface area contributed by atoms with Crippen LogP contribution in [0, 0.1) is 5.82 Å². The van der Waals surface area contributed by atoms with Crippen LogP contribution in [0.1, 0.15) is 6.92 Å². The van der Waals surface area contributed by atoms with Gasteiger partial charge >= 0.3 is 0 Å². The van der Waals surface area contributed by atoms with Gasteiger partial charge in [0.05, 0.1) is 10.2 Å². The summed E-state index contributed by atoms with van der Waals surface area (Å²) in [5.41, 5.74) is 0.870. The molecule has 23 heavy (non-hydrogen) atoms. The fraction of sp³-hybridized carbons (Fsp3) is 0.176. The molecule has 0 saturated carbocycles. The zero-order valence-electron chi connectivity index (χ0n) is 12.5. The number of aromatic nitrogens is 1. The molecular weight excluding hydrogens is 315 g/mol. The van der Waals surface area contributed by atoms with Crippen molar-refractivity contribution in [1.29, 1.82) is 0 Å². The van der Waals surface area contributed by atoms with Crippen LogP contribution >= 0.6 is 11.3 Å². The minimum atomic E-state index is -0.372. The van der Waals surface area contributed by atoms with Crippen molar-refractivity contribution in [3.63, 3.8) is 0 Å². The first-order chi connectivity index (χ1) is 11.2. The zero-order chi connectivity index (χ0) is 16.2. The first kappa shape index (κ1) is 15.4. The molecule has 1 heterocycles. The Bertz CT molecular complexity index is 900. The number of amides is 1. The standard InChI is InChI=1S/C17H15FN2O2S/c1-2-20-14-9-8-12(18)10-15(14)23-17(20)19-16(21)11-22-13-6-4-3-5-7-13/h3-10H,2,11H2,1H3. The highest BCUT2D eigenvalue weighted by Gasteiger charge is 2.08. The number of carbonyl (C=O) groups is 1. The molecule has 6 heteroatoms. The summed E-state index contributed by atoms with van der Waals surface area (Å²) >= 11 is 1.29. The molecule has 0 spiro atoms. The number of hydrogen-bond acceptors (Lipinski definition) is 3. The second-order valence-electron chi connectivity index (χ2n) is 4.85. The molecule has 1 amide bonds. The molecule has 3 rings (SSSR count). The van der Waals surface area contributed by atoms with Crippen LogP contribution in [-0.4, -0.2) is 17.1 Å². The number of ether oxygens (including phenoxy) is 1. The van der Waals surface area contributed by atoms with E-state index in [0.29, 0.717) is 17.1 Å². The average Bonchev–Trinajstić information content (AvgIpc) is 2.89. The van der Waals surface area contributed by atoms with Gasteiger partial charge in [-0.05, 0) is 37.3 Å². The van der Waals surface area contributed by atoms with Gasteiger partial charge in [0, 0.05) is 6.54 Å². The van der Waals surface area contributed by atoms with Crippen molar-refractivity contribution in [2.45, 2.75) is 13.5 Å². The molecule has 4 nitrogen and oxygen atoms in total. The van der Waals surface area contributed by atoms with Crippen molar-refractivity contribution < 1.29 is 13.9 Å². The number of benzene rings is 2.